The van der Waals surface area contributed by atoms with Gasteiger partial charge in [-0.25, -0.2) is 0 Å². The predicted octanol–water partition coefficient (Wildman–Crippen LogP) is 1.98. The Labute approximate surface area is 103 Å². The molecular weight excluding hydrogens is 228 g/mol. The Morgan fingerprint density at radius 2 is 1.89 bits per heavy atom. The highest BCUT2D eigenvalue weighted by atomic mass is 16.1. The van der Waals surface area contributed by atoms with Gasteiger partial charge in [0.25, 0.3) is 5.91 Å². The first-order valence-corrected chi connectivity index (χ1v) is 5.50. The Morgan fingerprint density at radius 1 is 1.06 bits per heavy atom. The number of anilines is 1. The molecule has 0 radical (unpaired) electrons. The van der Waals surface area contributed by atoms with Crippen LogP contribution >= 0.6 is 0 Å². The molecule has 0 aliphatic carbocycles. The van der Waals surface area contributed by atoms with Crippen LogP contribution in [0.3, 0.4) is 0 Å². The number of carbonyl (C=O) groups is 1. The smallest absolute Gasteiger partial charge is 0.256 e. The van der Waals surface area contributed by atoms with E-state index in [-0.39, 0.29) is 5.91 Å². The minimum absolute atomic E-state index is 0.168. The quantitative estimate of drug-likeness (QED) is 0.742. The molecule has 0 aliphatic heterocycles. The second-order valence-electron chi connectivity index (χ2n) is 3.80. The van der Waals surface area contributed by atoms with Crippen molar-refractivity contribution in [2.24, 2.45) is 0 Å². The number of rotatable bonds is 2. The number of carbonyl (C=O) groups excluding carboxylic acids is 1. The highest BCUT2D eigenvalue weighted by molar-refractivity contribution is 6.03. The molecule has 2 heterocycles. The van der Waals surface area contributed by atoms with Crippen LogP contribution in [-0.4, -0.2) is 20.7 Å². The molecule has 1 N–H and O–H groups in total. The molecule has 5 heteroatoms. The van der Waals surface area contributed by atoms with Crippen LogP contribution in [0.25, 0.3) is 5.52 Å². The number of nitrogens with zero attached hydrogens (tertiary/aromatic N) is 3. The normalized spacial score (nSPS) is 10.4. The number of hydrogen-bond donors (Lipinski definition) is 1. The van der Waals surface area contributed by atoms with E-state index in [0.717, 1.165) is 5.52 Å². The van der Waals surface area contributed by atoms with Crippen LogP contribution < -0.4 is 5.32 Å². The average Bonchev–Trinajstić information content (AvgIpc) is 2.89. The van der Waals surface area contributed by atoms with Crippen molar-refractivity contribution in [2.45, 2.75) is 0 Å². The Kier molecular flexibility index (Phi) is 2.49. The molecule has 0 spiro atoms. The van der Waals surface area contributed by atoms with Crippen molar-refractivity contribution in [2.75, 3.05) is 5.32 Å². The molecule has 0 saturated heterocycles. The summed E-state index contributed by atoms with van der Waals surface area (Å²) < 4.78 is 1.58. The fourth-order valence-corrected chi connectivity index (χ4v) is 1.72. The van der Waals surface area contributed by atoms with Gasteiger partial charge in [0, 0.05) is 5.56 Å². The number of pyridine rings is 1. The van der Waals surface area contributed by atoms with E-state index in [1.807, 2.05) is 30.3 Å². The summed E-state index contributed by atoms with van der Waals surface area (Å²) in [6, 6.07) is 14.5. The second kappa shape index (κ2) is 4.29. The van der Waals surface area contributed by atoms with Crippen LogP contribution in [0.5, 0.6) is 0 Å². The van der Waals surface area contributed by atoms with Gasteiger partial charge in [0.15, 0.2) is 0 Å². The molecule has 0 aliphatic rings. The minimum atomic E-state index is -0.168. The van der Waals surface area contributed by atoms with Gasteiger partial charge in [0.05, 0.1) is 11.7 Å². The molecular formula is C13H10N4O. The van der Waals surface area contributed by atoms with Gasteiger partial charge in [0.1, 0.15) is 5.82 Å². The van der Waals surface area contributed by atoms with Gasteiger partial charge in [-0.15, -0.1) is 5.10 Å². The van der Waals surface area contributed by atoms with Crippen LogP contribution in [0.15, 0.2) is 54.7 Å². The maximum atomic E-state index is 12.0. The topological polar surface area (TPSA) is 59.3 Å². The van der Waals surface area contributed by atoms with Crippen molar-refractivity contribution >= 4 is 17.2 Å². The zero-order chi connectivity index (χ0) is 12.4. The monoisotopic (exact) mass is 238 g/mol. The van der Waals surface area contributed by atoms with E-state index in [1.165, 1.54) is 0 Å². The molecule has 2 aromatic heterocycles. The lowest BCUT2D eigenvalue weighted by molar-refractivity contribution is 0.102. The third-order valence-corrected chi connectivity index (χ3v) is 2.60. The molecule has 3 rings (SSSR count). The van der Waals surface area contributed by atoms with Crippen molar-refractivity contribution in [3.8, 4) is 0 Å². The van der Waals surface area contributed by atoms with Gasteiger partial charge in [0.2, 0.25) is 0 Å². The van der Waals surface area contributed by atoms with Crippen molar-refractivity contribution in [3.63, 3.8) is 0 Å². The van der Waals surface area contributed by atoms with E-state index >= 15 is 0 Å². The number of aromatic nitrogens is 3. The third kappa shape index (κ3) is 1.82. The molecule has 1 aromatic carbocycles. The number of benzene rings is 1. The van der Waals surface area contributed by atoms with E-state index in [9.17, 15) is 4.79 Å². The zero-order valence-electron chi connectivity index (χ0n) is 9.45. The third-order valence-electron chi connectivity index (χ3n) is 2.60. The lowest BCUT2D eigenvalue weighted by atomic mass is 10.2. The molecule has 0 bridgehead atoms. The van der Waals surface area contributed by atoms with Crippen LogP contribution in [0.4, 0.5) is 5.82 Å². The predicted molar refractivity (Wildman–Crippen MR) is 67.4 cm³/mol. The van der Waals surface area contributed by atoms with Gasteiger partial charge in [-0.2, -0.15) is 4.52 Å². The van der Waals surface area contributed by atoms with Crippen LogP contribution in [0.1, 0.15) is 10.4 Å². The zero-order valence-corrected chi connectivity index (χ0v) is 9.45. The Morgan fingerprint density at radius 3 is 2.72 bits per heavy atom. The Balaban J connectivity index is 1.93. The Bertz CT molecular complexity index is 690. The van der Waals surface area contributed by atoms with E-state index in [0.29, 0.717) is 11.4 Å². The lowest BCUT2D eigenvalue weighted by Crippen LogP contribution is -2.14. The van der Waals surface area contributed by atoms with Gasteiger partial charge >= 0.3 is 0 Å². The second-order valence-corrected chi connectivity index (χ2v) is 3.80. The fraction of sp³-hybridized carbons (Fsp3) is 0. The molecule has 0 atom stereocenters. The molecule has 0 fully saturated rings. The molecule has 3 aromatic rings. The Hall–Kier alpha value is -2.69. The number of fused-ring (bicyclic) bond motifs is 1. The van der Waals surface area contributed by atoms with Gasteiger partial charge in [-0.3, -0.25) is 4.79 Å². The summed E-state index contributed by atoms with van der Waals surface area (Å²) >= 11 is 0. The van der Waals surface area contributed by atoms with Gasteiger partial charge in [-0.05, 0) is 24.3 Å². The summed E-state index contributed by atoms with van der Waals surface area (Å²) in [5, 5.41) is 10.5. The summed E-state index contributed by atoms with van der Waals surface area (Å²) in [4.78, 5) is 12.0. The van der Waals surface area contributed by atoms with Crippen molar-refractivity contribution in [1.82, 2.24) is 14.8 Å². The van der Waals surface area contributed by atoms with Crippen molar-refractivity contribution < 1.29 is 4.79 Å². The van der Waals surface area contributed by atoms with E-state index in [2.05, 4.69) is 15.6 Å². The highest BCUT2D eigenvalue weighted by Crippen LogP contribution is 2.11. The summed E-state index contributed by atoms with van der Waals surface area (Å²) in [7, 11) is 0. The SMILES string of the molecule is O=C(Nc1cccc2cnnn12)c1ccccc1. The van der Waals surface area contributed by atoms with Crippen molar-refractivity contribution in [1.29, 1.82) is 0 Å². The standard InChI is InChI=1S/C13H10N4O/c18-13(10-5-2-1-3-6-10)15-12-8-4-7-11-9-14-16-17(11)12/h1-9H,(H,15,18). The summed E-state index contributed by atoms with van der Waals surface area (Å²) in [5.74, 6) is 0.428. The van der Waals surface area contributed by atoms with Crippen LogP contribution in [0.2, 0.25) is 0 Å². The molecule has 0 unspecified atom stereocenters. The fourth-order valence-electron chi connectivity index (χ4n) is 1.72. The number of amides is 1. The first-order valence-electron chi connectivity index (χ1n) is 5.50. The molecule has 0 saturated carbocycles. The summed E-state index contributed by atoms with van der Waals surface area (Å²) in [6.07, 6.45) is 1.64. The van der Waals surface area contributed by atoms with E-state index in [1.54, 1.807) is 28.9 Å². The first-order chi connectivity index (χ1) is 8.84. The minimum Gasteiger partial charge on any atom is -0.306 e. The maximum absolute atomic E-state index is 12.0. The maximum Gasteiger partial charge on any atom is 0.256 e. The summed E-state index contributed by atoms with van der Waals surface area (Å²) in [6.45, 7) is 0. The van der Waals surface area contributed by atoms with Crippen LogP contribution in [-0.2, 0) is 0 Å². The van der Waals surface area contributed by atoms with E-state index < -0.39 is 0 Å². The molecule has 1 amide bonds. The molecule has 5 nitrogen and oxygen atoms in total. The highest BCUT2D eigenvalue weighted by Gasteiger charge is 2.08. The van der Waals surface area contributed by atoms with Gasteiger partial charge < -0.3 is 5.32 Å². The largest absolute Gasteiger partial charge is 0.306 e. The number of hydrogen-bond acceptors (Lipinski definition) is 3. The molecule has 88 valence electrons. The molecule has 18 heavy (non-hydrogen) atoms. The van der Waals surface area contributed by atoms with Gasteiger partial charge in [-0.1, -0.05) is 29.5 Å². The van der Waals surface area contributed by atoms with Crippen molar-refractivity contribution in [3.05, 3.63) is 60.3 Å². The van der Waals surface area contributed by atoms with E-state index in [4.69, 9.17) is 0 Å². The lowest BCUT2D eigenvalue weighted by Gasteiger charge is -2.06. The number of nitrogens with one attached hydrogen (secondary N) is 1. The van der Waals surface area contributed by atoms with Crippen LogP contribution in [0, 0.1) is 0 Å². The summed E-state index contributed by atoms with van der Waals surface area (Å²) in [5.41, 5.74) is 1.44. The first kappa shape index (κ1) is 10.5. The average molecular weight is 238 g/mol.